The standard InChI is InChI=1S/C20H27N3O7S/c1-4-31-8-10(24)6-29-17-9(2)15(25)14-13(16(17)26)11(7-30-19(21)27)20(28-3)18-12(22-18)5-23(14)20/h10-12,18,22,24H,4-8H2,1-3H3,(H2,21,27)/t10?,11-,12+,18+,20-/m1/s1. The average Bonchev–Trinajstić information content (AvgIpc) is 3.35. The van der Waals surface area contributed by atoms with Gasteiger partial charge in [-0.1, -0.05) is 6.92 Å². The number of fused-ring (bicyclic) bond motifs is 4. The van der Waals surface area contributed by atoms with E-state index in [1.807, 2.05) is 11.8 Å². The molecule has 0 aromatic rings. The second-order valence-corrected chi connectivity index (χ2v) is 9.32. The topological polar surface area (TPSA) is 150 Å². The third kappa shape index (κ3) is 3.34. The molecule has 1 unspecified atom stereocenters. The van der Waals surface area contributed by atoms with E-state index in [1.54, 1.807) is 18.7 Å². The van der Waals surface area contributed by atoms with Gasteiger partial charge in [0.2, 0.25) is 11.6 Å². The smallest absolute Gasteiger partial charge is 0.404 e. The van der Waals surface area contributed by atoms with E-state index in [-0.39, 0.29) is 53.7 Å². The summed E-state index contributed by atoms with van der Waals surface area (Å²) in [5.41, 5.74) is 4.82. The van der Waals surface area contributed by atoms with Crippen molar-refractivity contribution in [1.29, 1.82) is 0 Å². The van der Waals surface area contributed by atoms with E-state index in [0.29, 0.717) is 12.3 Å². The molecule has 0 spiro atoms. The minimum Gasteiger partial charge on any atom is -0.486 e. The van der Waals surface area contributed by atoms with Gasteiger partial charge in [-0.3, -0.25) is 9.59 Å². The zero-order chi connectivity index (χ0) is 22.5. The molecule has 4 aliphatic rings. The molecule has 0 saturated carbocycles. The van der Waals surface area contributed by atoms with Crippen molar-refractivity contribution in [2.24, 2.45) is 11.7 Å². The van der Waals surface area contributed by atoms with E-state index in [0.717, 1.165) is 5.75 Å². The first-order valence-corrected chi connectivity index (χ1v) is 11.4. The monoisotopic (exact) mass is 453 g/mol. The van der Waals surface area contributed by atoms with Crippen molar-refractivity contribution in [3.8, 4) is 0 Å². The van der Waals surface area contributed by atoms with Gasteiger partial charge in [0, 0.05) is 36.6 Å². The minimum atomic E-state index is -1.02. The van der Waals surface area contributed by atoms with Gasteiger partial charge in [0.05, 0.1) is 23.8 Å². The second kappa shape index (κ2) is 8.12. The Hall–Kier alpha value is -2.08. The van der Waals surface area contributed by atoms with Crippen LogP contribution in [0.1, 0.15) is 13.8 Å². The number of thioether (sulfide) groups is 1. The number of methoxy groups -OCH3 is 1. The van der Waals surface area contributed by atoms with Crippen molar-refractivity contribution in [1.82, 2.24) is 10.2 Å². The summed E-state index contributed by atoms with van der Waals surface area (Å²) in [7, 11) is 1.51. The predicted molar refractivity (Wildman–Crippen MR) is 111 cm³/mol. The van der Waals surface area contributed by atoms with Crippen molar-refractivity contribution >= 4 is 29.4 Å². The van der Waals surface area contributed by atoms with Crippen molar-refractivity contribution in [2.75, 3.05) is 38.4 Å². The van der Waals surface area contributed by atoms with E-state index in [1.165, 1.54) is 7.11 Å². The van der Waals surface area contributed by atoms with Gasteiger partial charge in [-0.25, -0.2) is 4.79 Å². The lowest BCUT2D eigenvalue weighted by molar-refractivity contribution is -0.137. The molecule has 1 amide bonds. The van der Waals surface area contributed by atoms with Gasteiger partial charge in [-0.05, 0) is 12.7 Å². The molecule has 1 aliphatic carbocycles. The number of ether oxygens (including phenoxy) is 3. The van der Waals surface area contributed by atoms with E-state index in [9.17, 15) is 19.5 Å². The normalized spacial score (nSPS) is 32.1. The number of amides is 1. The number of rotatable bonds is 9. The quantitative estimate of drug-likeness (QED) is 0.308. The molecule has 3 aliphatic heterocycles. The van der Waals surface area contributed by atoms with Crippen molar-refractivity contribution in [3.05, 3.63) is 22.6 Å². The number of primary amides is 1. The fourth-order valence-electron chi connectivity index (χ4n) is 4.92. The van der Waals surface area contributed by atoms with Gasteiger partial charge < -0.3 is 35.3 Å². The zero-order valence-electron chi connectivity index (χ0n) is 17.7. The fourth-order valence-corrected chi connectivity index (χ4v) is 5.53. The first-order valence-electron chi connectivity index (χ1n) is 10.2. The average molecular weight is 454 g/mol. The summed E-state index contributed by atoms with van der Waals surface area (Å²) in [6, 6.07) is 0.0175. The number of piperazine rings is 1. The highest BCUT2D eigenvalue weighted by atomic mass is 32.2. The number of allylic oxidation sites excluding steroid dienone is 2. The molecular formula is C20H27N3O7S. The molecule has 2 fully saturated rings. The summed E-state index contributed by atoms with van der Waals surface area (Å²) >= 11 is 1.55. The molecule has 2 saturated heterocycles. The second-order valence-electron chi connectivity index (χ2n) is 8.00. The SMILES string of the molecule is CCSCC(O)COC1=C(C)C(=O)C2=C(C1=O)[C@@H](COC(N)=O)[C@@]1(OC)[C@H]3N[C@H]3CN21. The van der Waals surface area contributed by atoms with Crippen LogP contribution in [0, 0.1) is 5.92 Å². The fraction of sp³-hybridized carbons (Fsp3) is 0.650. The van der Waals surface area contributed by atoms with E-state index >= 15 is 0 Å². The highest BCUT2D eigenvalue weighted by molar-refractivity contribution is 7.99. The number of nitrogens with one attached hydrogen (secondary N) is 1. The highest BCUT2D eigenvalue weighted by Gasteiger charge is 2.72. The molecule has 0 aromatic heterocycles. The van der Waals surface area contributed by atoms with Gasteiger partial charge in [0.1, 0.15) is 13.2 Å². The van der Waals surface area contributed by atoms with Crippen molar-refractivity contribution < 1.29 is 33.7 Å². The molecule has 0 bridgehead atoms. The van der Waals surface area contributed by atoms with Crippen LogP contribution in [0.2, 0.25) is 0 Å². The van der Waals surface area contributed by atoms with Crippen LogP contribution < -0.4 is 11.1 Å². The number of Topliss-reactive ketones (excluding diaryl/α,β-unsaturated/α-hetero) is 2. The lowest BCUT2D eigenvalue weighted by atomic mass is 9.83. The minimum absolute atomic E-state index is 0.0823. The number of nitrogens with zero attached hydrogens (tertiary/aromatic N) is 1. The van der Waals surface area contributed by atoms with Gasteiger partial charge in [-0.15, -0.1) is 0 Å². The third-order valence-corrected chi connectivity index (χ3v) is 7.34. The maximum atomic E-state index is 13.5. The van der Waals surface area contributed by atoms with Crippen LogP contribution in [-0.2, 0) is 23.8 Å². The Morgan fingerprint density at radius 3 is 2.81 bits per heavy atom. The van der Waals surface area contributed by atoms with Crippen LogP contribution in [0.15, 0.2) is 22.6 Å². The van der Waals surface area contributed by atoms with Crippen LogP contribution in [0.4, 0.5) is 4.79 Å². The lowest BCUT2D eigenvalue weighted by Crippen LogP contribution is -2.55. The van der Waals surface area contributed by atoms with E-state index in [4.69, 9.17) is 19.9 Å². The number of carbonyl (C=O) groups excluding carboxylic acids is 3. The largest absolute Gasteiger partial charge is 0.486 e. The van der Waals surface area contributed by atoms with Crippen molar-refractivity contribution in [3.63, 3.8) is 0 Å². The molecule has 4 rings (SSSR count). The number of hydrogen-bond donors (Lipinski definition) is 3. The van der Waals surface area contributed by atoms with Gasteiger partial charge in [0.25, 0.3) is 0 Å². The Morgan fingerprint density at radius 1 is 1.42 bits per heavy atom. The van der Waals surface area contributed by atoms with Crippen LogP contribution in [0.5, 0.6) is 0 Å². The number of carbonyl (C=O) groups is 3. The molecule has 0 aromatic carbocycles. The maximum Gasteiger partial charge on any atom is 0.404 e. The Morgan fingerprint density at radius 2 is 2.16 bits per heavy atom. The molecule has 31 heavy (non-hydrogen) atoms. The summed E-state index contributed by atoms with van der Waals surface area (Å²) in [5, 5.41) is 13.4. The highest BCUT2D eigenvalue weighted by Crippen LogP contribution is 2.55. The van der Waals surface area contributed by atoms with Gasteiger partial charge in [0.15, 0.2) is 11.5 Å². The van der Waals surface area contributed by atoms with Gasteiger partial charge >= 0.3 is 6.09 Å². The van der Waals surface area contributed by atoms with Crippen LogP contribution in [0.25, 0.3) is 0 Å². The number of aliphatic hydroxyl groups excluding tert-OH is 1. The summed E-state index contributed by atoms with van der Waals surface area (Å²) in [6.45, 7) is 3.72. The van der Waals surface area contributed by atoms with Gasteiger partial charge in [-0.2, -0.15) is 11.8 Å². The third-order valence-electron chi connectivity index (χ3n) is 6.31. The first-order chi connectivity index (χ1) is 14.8. The Kier molecular flexibility index (Phi) is 5.80. The van der Waals surface area contributed by atoms with E-state index in [2.05, 4.69) is 5.32 Å². The van der Waals surface area contributed by atoms with Crippen LogP contribution in [-0.4, -0.2) is 90.0 Å². The Bertz CT molecular complexity index is 888. The summed E-state index contributed by atoms with van der Waals surface area (Å²) in [5.74, 6) is -0.271. The summed E-state index contributed by atoms with van der Waals surface area (Å²) in [4.78, 5) is 40.0. The Balaban J connectivity index is 1.65. The molecule has 3 heterocycles. The number of ketones is 2. The number of hydrogen-bond acceptors (Lipinski definition) is 10. The van der Waals surface area contributed by atoms with Crippen molar-refractivity contribution in [2.45, 2.75) is 37.8 Å². The van der Waals surface area contributed by atoms with Crippen LogP contribution >= 0.6 is 11.8 Å². The Labute approximate surface area is 184 Å². The maximum absolute atomic E-state index is 13.5. The zero-order valence-corrected chi connectivity index (χ0v) is 18.5. The molecule has 10 nitrogen and oxygen atoms in total. The summed E-state index contributed by atoms with van der Waals surface area (Å²) in [6.07, 6.45) is -1.74. The molecule has 0 radical (unpaired) electrons. The molecular weight excluding hydrogens is 426 g/mol. The number of aliphatic hydroxyl groups is 1. The van der Waals surface area contributed by atoms with Crippen LogP contribution in [0.3, 0.4) is 0 Å². The predicted octanol–water partition coefficient (Wildman–Crippen LogP) is -0.479. The molecule has 4 N–H and O–H groups in total. The molecule has 170 valence electrons. The lowest BCUT2D eigenvalue weighted by Gasteiger charge is -2.39. The summed E-state index contributed by atoms with van der Waals surface area (Å²) < 4.78 is 16.6. The van der Waals surface area contributed by atoms with E-state index < -0.39 is 29.6 Å². The number of nitrogens with two attached hydrogens (primary N) is 1. The first kappa shape index (κ1) is 22.1. The molecule has 5 atom stereocenters. The molecule has 11 heteroatoms.